The molecule has 0 aliphatic carbocycles. The number of benzene rings is 1. The monoisotopic (exact) mass is 205 g/mol. The van der Waals surface area contributed by atoms with Gasteiger partial charge in [0.05, 0.1) is 11.5 Å². The SMILES string of the molecule is C=CCN(C=S)[C@H](C)c1ccccc1. The molecule has 0 saturated carbocycles. The fourth-order valence-electron chi connectivity index (χ4n) is 1.36. The molecule has 74 valence electrons. The van der Waals surface area contributed by atoms with Crippen molar-refractivity contribution < 1.29 is 0 Å². The second-order valence-electron chi connectivity index (χ2n) is 3.18. The summed E-state index contributed by atoms with van der Waals surface area (Å²) in [4.78, 5) is 2.08. The van der Waals surface area contributed by atoms with Gasteiger partial charge < -0.3 is 4.90 Å². The van der Waals surface area contributed by atoms with Gasteiger partial charge in [0.25, 0.3) is 0 Å². The highest BCUT2D eigenvalue weighted by Crippen LogP contribution is 2.17. The topological polar surface area (TPSA) is 3.24 Å². The molecule has 0 heterocycles. The molecule has 0 radical (unpaired) electrons. The van der Waals surface area contributed by atoms with Crippen molar-refractivity contribution >= 4 is 17.7 Å². The van der Waals surface area contributed by atoms with Gasteiger partial charge in [-0.15, -0.1) is 6.58 Å². The van der Waals surface area contributed by atoms with Gasteiger partial charge in [0.1, 0.15) is 0 Å². The normalized spacial score (nSPS) is 11.8. The van der Waals surface area contributed by atoms with Crippen molar-refractivity contribution in [2.24, 2.45) is 0 Å². The van der Waals surface area contributed by atoms with Gasteiger partial charge in [-0.25, -0.2) is 0 Å². The minimum absolute atomic E-state index is 0.312. The zero-order valence-electron chi connectivity index (χ0n) is 8.39. The number of rotatable bonds is 5. The molecule has 0 fully saturated rings. The Hall–Kier alpha value is -1.15. The van der Waals surface area contributed by atoms with Crippen LogP contribution in [0, 0.1) is 0 Å². The summed E-state index contributed by atoms with van der Waals surface area (Å²) in [5, 5.41) is 0. The molecule has 0 spiro atoms. The molecule has 0 N–H and O–H groups in total. The van der Waals surface area contributed by atoms with Gasteiger partial charge in [-0.2, -0.15) is 0 Å². The van der Waals surface area contributed by atoms with Gasteiger partial charge >= 0.3 is 0 Å². The summed E-state index contributed by atoms with van der Waals surface area (Å²) < 4.78 is 0. The van der Waals surface area contributed by atoms with Gasteiger partial charge in [0.15, 0.2) is 0 Å². The largest absolute Gasteiger partial charge is 0.358 e. The van der Waals surface area contributed by atoms with E-state index in [4.69, 9.17) is 12.2 Å². The Kier molecular flexibility index (Phi) is 4.33. The molecule has 0 unspecified atom stereocenters. The fourth-order valence-corrected chi connectivity index (χ4v) is 1.63. The van der Waals surface area contributed by atoms with Crippen molar-refractivity contribution in [1.82, 2.24) is 4.90 Å². The molecule has 1 rings (SSSR count). The van der Waals surface area contributed by atoms with Crippen molar-refractivity contribution in [3.63, 3.8) is 0 Å². The molecule has 0 aliphatic heterocycles. The van der Waals surface area contributed by atoms with Crippen LogP contribution < -0.4 is 0 Å². The van der Waals surface area contributed by atoms with Crippen molar-refractivity contribution in [3.8, 4) is 0 Å². The van der Waals surface area contributed by atoms with Crippen LogP contribution in [0.4, 0.5) is 0 Å². The van der Waals surface area contributed by atoms with Crippen LogP contribution in [0.3, 0.4) is 0 Å². The van der Waals surface area contributed by atoms with E-state index in [9.17, 15) is 0 Å². The molecule has 0 aliphatic rings. The molecule has 0 bridgehead atoms. The third-order valence-corrected chi connectivity index (χ3v) is 2.53. The van der Waals surface area contributed by atoms with E-state index in [0.29, 0.717) is 6.04 Å². The lowest BCUT2D eigenvalue weighted by molar-refractivity contribution is 0.385. The van der Waals surface area contributed by atoms with Gasteiger partial charge in [-0.1, -0.05) is 48.6 Å². The number of thiocarbonyl (C=S) groups is 1. The Morgan fingerprint density at radius 2 is 2.07 bits per heavy atom. The minimum atomic E-state index is 0.312. The smallest absolute Gasteiger partial charge is 0.0648 e. The van der Waals surface area contributed by atoms with E-state index in [2.05, 4.69) is 30.5 Å². The Balaban J connectivity index is 2.77. The van der Waals surface area contributed by atoms with Crippen LogP contribution in [0.1, 0.15) is 18.5 Å². The summed E-state index contributed by atoms with van der Waals surface area (Å²) in [5.41, 5.74) is 2.97. The Labute approximate surface area is 91.1 Å². The lowest BCUT2D eigenvalue weighted by Gasteiger charge is -2.25. The first-order valence-electron chi connectivity index (χ1n) is 4.66. The third-order valence-electron chi connectivity index (χ3n) is 2.25. The molecular weight excluding hydrogens is 190 g/mol. The van der Waals surface area contributed by atoms with Crippen molar-refractivity contribution in [3.05, 3.63) is 48.6 Å². The molecule has 1 aromatic rings. The molecule has 0 amide bonds. The van der Waals surface area contributed by atoms with Crippen LogP contribution in [0.15, 0.2) is 43.0 Å². The van der Waals surface area contributed by atoms with Gasteiger partial charge in [-0.05, 0) is 12.5 Å². The maximum Gasteiger partial charge on any atom is 0.0648 e. The Morgan fingerprint density at radius 3 is 2.57 bits per heavy atom. The van der Waals surface area contributed by atoms with Crippen LogP contribution in [0.5, 0.6) is 0 Å². The first-order valence-corrected chi connectivity index (χ1v) is 5.13. The molecule has 1 nitrogen and oxygen atoms in total. The van der Waals surface area contributed by atoms with Gasteiger partial charge in [0, 0.05) is 6.54 Å². The Morgan fingerprint density at radius 1 is 1.43 bits per heavy atom. The van der Waals surface area contributed by atoms with Crippen LogP contribution >= 0.6 is 12.2 Å². The Bertz CT molecular complexity index is 294. The van der Waals surface area contributed by atoms with Crippen LogP contribution in [-0.2, 0) is 0 Å². The summed E-state index contributed by atoms with van der Waals surface area (Å²) in [6.45, 7) is 6.65. The van der Waals surface area contributed by atoms with E-state index in [1.54, 1.807) is 5.49 Å². The average molecular weight is 205 g/mol. The second-order valence-corrected chi connectivity index (χ2v) is 3.39. The number of nitrogens with zero attached hydrogens (tertiary/aromatic N) is 1. The highest BCUT2D eigenvalue weighted by molar-refractivity contribution is 7.78. The predicted molar refractivity (Wildman–Crippen MR) is 65.4 cm³/mol. The zero-order chi connectivity index (χ0) is 10.4. The third kappa shape index (κ3) is 2.67. The van der Waals surface area contributed by atoms with Gasteiger partial charge in [-0.3, -0.25) is 0 Å². The van der Waals surface area contributed by atoms with Gasteiger partial charge in [0.2, 0.25) is 0 Å². The lowest BCUT2D eigenvalue weighted by atomic mass is 10.1. The summed E-state index contributed by atoms with van der Waals surface area (Å²) in [6, 6.07) is 10.6. The standard InChI is InChI=1S/C12H15NS/c1-3-9-13(10-14)11(2)12-7-5-4-6-8-12/h3-8,10-11H,1,9H2,2H3/t11-/m1/s1. The first kappa shape index (κ1) is 10.9. The lowest BCUT2D eigenvalue weighted by Crippen LogP contribution is -2.24. The fraction of sp³-hybridized carbons (Fsp3) is 0.250. The van der Waals surface area contributed by atoms with E-state index >= 15 is 0 Å². The number of hydrogen-bond donors (Lipinski definition) is 0. The van der Waals surface area contributed by atoms with Crippen LogP contribution in [-0.4, -0.2) is 16.9 Å². The van der Waals surface area contributed by atoms with Crippen molar-refractivity contribution in [2.45, 2.75) is 13.0 Å². The first-order chi connectivity index (χ1) is 6.79. The second kappa shape index (κ2) is 5.55. The van der Waals surface area contributed by atoms with E-state index in [1.807, 2.05) is 24.3 Å². The number of hydrogen-bond acceptors (Lipinski definition) is 1. The molecule has 2 heteroatoms. The van der Waals surface area contributed by atoms with Crippen molar-refractivity contribution in [2.75, 3.05) is 6.54 Å². The zero-order valence-corrected chi connectivity index (χ0v) is 9.20. The summed E-state index contributed by atoms with van der Waals surface area (Å²) >= 11 is 4.97. The van der Waals surface area contributed by atoms with E-state index in [0.717, 1.165) is 6.54 Å². The maximum absolute atomic E-state index is 4.97. The highest BCUT2D eigenvalue weighted by atomic mass is 32.1. The van der Waals surface area contributed by atoms with E-state index < -0.39 is 0 Å². The van der Waals surface area contributed by atoms with Crippen LogP contribution in [0.25, 0.3) is 0 Å². The van der Waals surface area contributed by atoms with E-state index in [1.165, 1.54) is 5.56 Å². The van der Waals surface area contributed by atoms with E-state index in [-0.39, 0.29) is 0 Å². The highest BCUT2D eigenvalue weighted by Gasteiger charge is 2.09. The summed E-state index contributed by atoms with van der Waals surface area (Å²) in [6.07, 6.45) is 1.86. The van der Waals surface area contributed by atoms with Crippen molar-refractivity contribution in [1.29, 1.82) is 0 Å². The summed E-state index contributed by atoms with van der Waals surface area (Å²) in [7, 11) is 0. The molecule has 1 atom stereocenters. The predicted octanol–water partition coefficient (Wildman–Crippen LogP) is 3.19. The quantitative estimate of drug-likeness (QED) is 0.536. The molecular formula is C12H15NS. The molecule has 1 aromatic carbocycles. The molecule has 0 aromatic heterocycles. The minimum Gasteiger partial charge on any atom is -0.358 e. The summed E-state index contributed by atoms with van der Waals surface area (Å²) in [5.74, 6) is 0. The average Bonchev–Trinajstić information content (AvgIpc) is 2.26. The molecule has 14 heavy (non-hydrogen) atoms. The van der Waals surface area contributed by atoms with Crippen LogP contribution in [0.2, 0.25) is 0 Å². The molecule has 0 saturated heterocycles. The maximum atomic E-state index is 4.97.